The molecule has 4 nitrogen and oxygen atoms in total. The lowest BCUT2D eigenvalue weighted by Gasteiger charge is -2.05. The summed E-state index contributed by atoms with van der Waals surface area (Å²) < 4.78 is 26.7. The highest BCUT2D eigenvalue weighted by Crippen LogP contribution is 2.21. The molecule has 0 saturated carbocycles. The van der Waals surface area contributed by atoms with E-state index in [0.29, 0.717) is 0 Å². The van der Waals surface area contributed by atoms with Crippen molar-refractivity contribution < 1.29 is 8.42 Å². The van der Waals surface area contributed by atoms with Gasteiger partial charge in [0.15, 0.2) is 0 Å². The standard InChI is InChI=1S/C18H16N2O2S2/c21-24(22,9-7-15-4-2-1-3-5-15)20-12-16-10-18(13-19-11-16)17-6-8-23-14-17/h1-11,13-14,20H,12H2/b9-7+. The van der Waals surface area contributed by atoms with Gasteiger partial charge in [-0.25, -0.2) is 13.1 Å². The highest BCUT2D eigenvalue weighted by atomic mass is 32.2. The van der Waals surface area contributed by atoms with Crippen LogP contribution in [0.5, 0.6) is 0 Å². The van der Waals surface area contributed by atoms with Gasteiger partial charge in [-0.2, -0.15) is 11.3 Å². The number of thiophene rings is 1. The molecular weight excluding hydrogens is 340 g/mol. The molecule has 122 valence electrons. The van der Waals surface area contributed by atoms with Gasteiger partial charge < -0.3 is 0 Å². The Bertz CT molecular complexity index is 919. The van der Waals surface area contributed by atoms with E-state index in [1.807, 2.05) is 53.2 Å². The van der Waals surface area contributed by atoms with E-state index < -0.39 is 10.0 Å². The molecule has 6 heteroatoms. The van der Waals surface area contributed by atoms with Crippen LogP contribution >= 0.6 is 11.3 Å². The number of hydrogen-bond donors (Lipinski definition) is 1. The van der Waals surface area contributed by atoms with E-state index >= 15 is 0 Å². The fraction of sp³-hybridized carbons (Fsp3) is 0.0556. The molecule has 0 amide bonds. The summed E-state index contributed by atoms with van der Waals surface area (Å²) in [7, 11) is -3.50. The van der Waals surface area contributed by atoms with Crippen LogP contribution in [0, 0.1) is 0 Å². The van der Waals surface area contributed by atoms with Gasteiger partial charge in [-0.1, -0.05) is 30.3 Å². The maximum atomic E-state index is 12.1. The van der Waals surface area contributed by atoms with Crippen LogP contribution in [0.3, 0.4) is 0 Å². The molecule has 0 unspecified atom stereocenters. The number of nitrogens with zero attached hydrogens (tertiary/aromatic N) is 1. The minimum absolute atomic E-state index is 0.201. The molecule has 0 spiro atoms. The lowest BCUT2D eigenvalue weighted by molar-refractivity contribution is 0.590. The summed E-state index contributed by atoms with van der Waals surface area (Å²) in [4.78, 5) is 4.19. The molecular formula is C18H16N2O2S2. The van der Waals surface area contributed by atoms with E-state index in [4.69, 9.17) is 0 Å². The van der Waals surface area contributed by atoms with Crippen molar-refractivity contribution in [1.29, 1.82) is 0 Å². The smallest absolute Gasteiger partial charge is 0.234 e. The number of pyridine rings is 1. The third kappa shape index (κ3) is 4.61. The monoisotopic (exact) mass is 356 g/mol. The predicted octanol–water partition coefficient (Wildman–Crippen LogP) is 3.90. The van der Waals surface area contributed by atoms with Crippen LogP contribution in [-0.2, 0) is 16.6 Å². The van der Waals surface area contributed by atoms with Gasteiger partial charge in [-0.05, 0) is 45.7 Å². The molecule has 0 aliphatic rings. The molecule has 24 heavy (non-hydrogen) atoms. The first-order valence-corrected chi connectivity index (χ1v) is 9.81. The summed E-state index contributed by atoms with van der Waals surface area (Å²) in [6, 6.07) is 13.3. The molecule has 2 heterocycles. The SMILES string of the molecule is O=S(=O)(/C=C/c1ccccc1)NCc1cncc(-c2ccsc2)c1. The molecule has 0 fully saturated rings. The fourth-order valence-corrected chi connectivity index (χ4v) is 3.60. The number of nitrogens with one attached hydrogen (secondary N) is 1. The van der Waals surface area contributed by atoms with E-state index in [1.54, 1.807) is 29.8 Å². The molecule has 0 radical (unpaired) electrons. The second-order valence-corrected chi connectivity index (χ2v) is 7.60. The number of sulfonamides is 1. The summed E-state index contributed by atoms with van der Waals surface area (Å²) in [5, 5.41) is 5.21. The maximum absolute atomic E-state index is 12.1. The first kappa shape index (κ1) is 16.6. The summed E-state index contributed by atoms with van der Waals surface area (Å²) >= 11 is 1.61. The molecule has 2 aromatic heterocycles. The number of benzene rings is 1. The van der Waals surface area contributed by atoms with Gasteiger partial charge in [0.05, 0.1) is 0 Å². The fourth-order valence-electron chi connectivity index (χ4n) is 2.14. The minimum Gasteiger partial charge on any atom is -0.264 e. The molecule has 0 aliphatic heterocycles. The Balaban J connectivity index is 1.67. The Morgan fingerprint density at radius 2 is 1.92 bits per heavy atom. The average molecular weight is 356 g/mol. The van der Waals surface area contributed by atoms with Crippen molar-refractivity contribution in [3.8, 4) is 11.1 Å². The topological polar surface area (TPSA) is 59.1 Å². The van der Waals surface area contributed by atoms with Crippen LogP contribution in [0.25, 0.3) is 17.2 Å². The zero-order valence-corrected chi connectivity index (χ0v) is 14.4. The van der Waals surface area contributed by atoms with E-state index in [-0.39, 0.29) is 6.54 Å². The molecule has 0 aliphatic carbocycles. The average Bonchev–Trinajstić information content (AvgIpc) is 3.14. The van der Waals surface area contributed by atoms with Crippen molar-refractivity contribution >= 4 is 27.4 Å². The number of hydrogen-bond acceptors (Lipinski definition) is 4. The normalized spacial score (nSPS) is 11.8. The Labute approximate surface area is 145 Å². The van der Waals surface area contributed by atoms with E-state index in [0.717, 1.165) is 22.3 Å². The quantitative estimate of drug-likeness (QED) is 0.729. The van der Waals surface area contributed by atoms with Gasteiger partial charge in [-0.15, -0.1) is 0 Å². The lowest BCUT2D eigenvalue weighted by Crippen LogP contribution is -2.20. The largest absolute Gasteiger partial charge is 0.264 e. The predicted molar refractivity (Wildman–Crippen MR) is 98.8 cm³/mol. The zero-order chi connectivity index (χ0) is 16.8. The molecule has 0 atom stereocenters. The first-order chi connectivity index (χ1) is 11.6. The van der Waals surface area contributed by atoms with Crippen molar-refractivity contribution in [2.75, 3.05) is 0 Å². The third-order valence-electron chi connectivity index (χ3n) is 3.37. The Hall–Kier alpha value is -2.28. The van der Waals surface area contributed by atoms with E-state index in [1.165, 1.54) is 5.41 Å². The van der Waals surface area contributed by atoms with Crippen LogP contribution < -0.4 is 4.72 Å². The van der Waals surface area contributed by atoms with Gasteiger partial charge in [0.1, 0.15) is 0 Å². The van der Waals surface area contributed by atoms with Crippen molar-refractivity contribution in [2.45, 2.75) is 6.54 Å². The van der Waals surface area contributed by atoms with Crippen molar-refractivity contribution in [3.05, 3.63) is 82.2 Å². The molecule has 0 saturated heterocycles. The van der Waals surface area contributed by atoms with Crippen LogP contribution in [-0.4, -0.2) is 13.4 Å². The van der Waals surface area contributed by atoms with E-state index in [9.17, 15) is 8.42 Å². The Kier molecular flexibility index (Phi) is 5.20. The van der Waals surface area contributed by atoms with Gasteiger partial charge >= 0.3 is 0 Å². The lowest BCUT2D eigenvalue weighted by atomic mass is 10.1. The summed E-state index contributed by atoms with van der Waals surface area (Å²) in [5.74, 6) is 0. The van der Waals surface area contributed by atoms with Crippen LogP contribution in [0.1, 0.15) is 11.1 Å². The van der Waals surface area contributed by atoms with Gasteiger partial charge in [0.2, 0.25) is 10.0 Å². The Morgan fingerprint density at radius 3 is 2.67 bits per heavy atom. The molecule has 0 bridgehead atoms. The third-order valence-corrected chi connectivity index (χ3v) is 5.09. The van der Waals surface area contributed by atoms with E-state index in [2.05, 4.69) is 9.71 Å². The second kappa shape index (κ2) is 7.53. The summed E-state index contributed by atoms with van der Waals surface area (Å²) in [6.07, 6.45) is 5.01. The van der Waals surface area contributed by atoms with Crippen LogP contribution in [0.4, 0.5) is 0 Å². The minimum atomic E-state index is -3.50. The molecule has 1 N–H and O–H groups in total. The molecule has 3 rings (SSSR count). The van der Waals surface area contributed by atoms with Crippen LogP contribution in [0.2, 0.25) is 0 Å². The van der Waals surface area contributed by atoms with Gasteiger partial charge in [0.25, 0.3) is 0 Å². The second-order valence-electron chi connectivity index (χ2n) is 5.17. The van der Waals surface area contributed by atoms with Gasteiger partial charge in [0, 0.05) is 29.9 Å². The van der Waals surface area contributed by atoms with Crippen molar-refractivity contribution in [3.63, 3.8) is 0 Å². The van der Waals surface area contributed by atoms with Gasteiger partial charge in [-0.3, -0.25) is 4.98 Å². The highest BCUT2D eigenvalue weighted by Gasteiger charge is 2.06. The first-order valence-electron chi connectivity index (χ1n) is 7.32. The van der Waals surface area contributed by atoms with Crippen LogP contribution in [0.15, 0.2) is 71.0 Å². The number of rotatable bonds is 6. The Morgan fingerprint density at radius 1 is 1.08 bits per heavy atom. The summed E-state index contributed by atoms with van der Waals surface area (Å²) in [6.45, 7) is 0.201. The summed E-state index contributed by atoms with van der Waals surface area (Å²) in [5.41, 5.74) is 3.72. The molecule has 3 aromatic rings. The maximum Gasteiger partial charge on any atom is 0.234 e. The van der Waals surface area contributed by atoms with Crippen molar-refractivity contribution in [2.24, 2.45) is 0 Å². The number of aromatic nitrogens is 1. The zero-order valence-electron chi connectivity index (χ0n) is 12.8. The molecule has 1 aromatic carbocycles. The van der Waals surface area contributed by atoms with Crippen molar-refractivity contribution in [1.82, 2.24) is 9.71 Å². The highest BCUT2D eigenvalue weighted by molar-refractivity contribution is 7.92.